The Morgan fingerprint density at radius 1 is 1.47 bits per heavy atom. The lowest BCUT2D eigenvalue weighted by Gasteiger charge is -2.31. The molecule has 0 amide bonds. The van der Waals surface area contributed by atoms with E-state index in [1.165, 1.54) is 0 Å². The molecule has 0 bridgehead atoms. The van der Waals surface area contributed by atoms with Gasteiger partial charge >= 0.3 is 0 Å². The van der Waals surface area contributed by atoms with Crippen molar-refractivity contribution >= 4 is 22.4 Å². The van der Waals surface area contributed by atoms with Crippen molar-refractivity contribution in [1.29, 1.82) is 0 Å². The highest BCUT2D eigenvalue weighted by molar-refractivity contribution is 7.89. The summed E-state index contributed by atoms with van der Waals surface area (Å²) in [6, 6.07) is 0.269. The molecular weight excluding hydrogens is 260 g/mol. The average molecular weight is 285 g/mol. The summed E-state index contributed by atoms with van der Waals surface area (Å²) in [5.41, 5.74) is 0. The van der Waals surface area contributed by atoms with Crippen LogP contribution in [-0.4, -0.2) is 44.2 Å². The number of nitrogens with one attached hydrogen (secondary N) is 1. The summed E-state index contributed by atoms with van der Waals surface area (Å²) in [6.45, 7) is 8.13. The molecule has 0 aromatic carbocycles. The van der Waals surface area contributed by atoms with E-state index in [4.69, 9.17) is 0 Å². The Morgan fingerprint density at radius 3 is 2.65 bits per heavy atom. The molecule has 1 aliphatic heterocycles. The fraction of sp³-hybridized carbons (Fsp3) is 1.00. The molecule has 0 aliphatic carbocycles. The van der Waals surface area contributed by atoms with Gasteiger partial charge in [-0.2, -0.15) is 4.31 Å². The van der Waals surface area contributed by atoms with Gasteiger partial charge in [0.2, 0.25) is 10.0 Å². The molecule has 1 saturated heterocycles. The van der Waals surface area contributed by atoms with Crippen LogP contribution in [0.25, 0.3) is 0 Å². The molecule has 0 aromatic heterocycles. The number of nitrogens with zero attached hydrogens (tertiary/aromatic N) is 1. The maximum Gasteiger partial charge on any atom is 0.214 e. The molecule has 0 spiro atoms. The van der Waals surface area contributed by atoms with Crippen LogP contribution in [0, 0.1) is 5.92 Å². The minimum absolute atomic E-state index is 0. The van der Waals surface area contributed by atoms with Gasteiger partial charge in [0.05, 0.1) is 5.75 Å². The first-order valence-corrected chi connectivity index (χ1v) is 7.77. The molecule has 2 atom stereocenters. The van der Waals surface area contributed by atoms with E-state index in [-0.39, 0.29) is 24.4 Å². The second-order valence-electron chi connectivity index (χ2n) is 4.89. The Bertz CT molecular complexity index is 309. The fourth-order valence-electron chi connectivity index (χ4n) is 2.19. The zero-order chi connectivity index (χ0) is 12.2. The zero-order valence-corrected chi connectivity index (χ0v) is 12.6. The van der Waals surface area contributed by atoms with E-state index in [0.29, 0.717) is 18.8 Å². The van der Waals surface area contributed by atoms with Crippen LogP contribution in [-0.2, 0) is 10.0 Å². The molecule has 17 heavy (non-hydrogen) atoms. The number of rotatable bonds is 5. The lowest BCUT2D eigenvalue weighted by Crippen LogP contribution is -2.52. The number of hydrogen-bond acceptors (Lipinski definition) is 3. The van der Waals surface area contributed by atoms with Crippen molar-refractivity contribution in [1.82, 2.24) is 9.62 Å². The van der Waals surface area contributed by atoms with Crippen molar-refractivity contribution in [3.05, 3.63) is 0 Å². The Balaban J connectivity index is 0.00000256. The highest BCUT2D eigenvalue weighted by atomic mass is 35.5. The predicted molar refractivity (Wildman–Crippen MR) is 74.1 cm³/mol. The van der Waals surface area contributed by atoms with Crippen LogP contribution in [0.1, 0.15) is 33.6 Å². The van der Waals surface area contributed by atoms with E-state index in [1.54, 1.807) is 4.31 Å². The van der Waals surface area contributed by atoms with Gasteiger partial charge in [-0.1, -0.05) is 20.3 Å². The summed E-state index contributed by atoms with van der Waals surface area (Å²) < 4.78 is 25.9. The van der Waals surface area contributed by atoms with Crippen molar-refractivity contribution in [2.45, 2.75) is 39.7 Å². The van der Waals surface area contributed by atoms with Gasteiger partial charge in [-0.15, -0.1) is 12.4 Å². The first-order valence-electron chi connectivity index (χ1n) is 6.17. The standard InChI is InChI=1S/C11H24N2O2S.ClH/c1-4-5-10(2)9-16(14,15)13-7-6-12-11(3)8-13;/h10-12H,4-9H2,1-3H3;1H. The maximum atomic E-state index is 12.1. The van der Waals surface area contributed by atoms with Crippen molar-refractivity contribution in [2.24, 2.45) is 5.92 Å². The number of halogens is 1. The summed E-state index contributed by atoms with van der Waals surface area (Å²) in [4.78, 5) is 0. The molecule has 0 radical (unpaired) electrons. The minimum atomic E-state index is -3.04. The van der Waals surface area contributed by atoms with Gasteiger partial charge in [0.15, 0.2) is 0 Å². The lowest BCUT2D eigenvalue weighted by molar-refractivity contribution is 0.308. The lowest BCUT2D eigenvalue weighted by atomic mass is 10.1. The van der Waals surface area contributed by atoms with Crippen LogP contribution in [0.5, 0.6) is 0 Å². The molecule has 1 fully saturated rings. The topological polar surface area (TPSA) is 49.4 Å². The summed E-state index contributed by atoms with van der Waals surface area (Å²) in [5.74, 6) is 0.563. The van der Waals surface area contributed by atoms with Gasteiger partial charge in [-0.25, -0.2) is 8.42 Å². The van der Waals surface area contributed by atoms with Crippen LogP contribution in [0.2, 0.25) is 0 Å². The van der Waals surface area contributed by atoms with Crippen LogP contribution >= 0.6 is 12.4 Å². The van der Waals surface area contributed by atoms with Crippen molar-refractivity contribution in [3.63, 3.8) is 0 Å². The summed E-state index contributed by atoms with van der Waals surface area (Å²) in [6.07, 6.45) is 2.04. The summed E-state index contributed by atoms with van der Waals surface area (Å²) in [5, 5.41) is 3.26. The molecule has 0 aromatic rings. The molecule has 1 N–H and O–H groups in total. The third-order valence-electron chi connectivity index (χ3n) is 3.00. The predicted octanol–water partition coefficient (Wildman–Crippen LogP) is 1.47. The molecule has 2 unspecified atom stereocenters. The molecule has 104 valence electrons. The number of sulfonamides is 1. The van der Waals surface area contributed by atoms with Crippen LogP contribution in [0.3, 0.4) is 0 Å². The van der Waals surface area contributed by atoms with Crippen molar-refractivity contribution in [3.8, 4) is 0 Å². The third-order valence-corrected chi connectivity index (χ3v) is 5.11. The molecular formula is C11H25ClN2O2S. The minimum Gasteiger partial charge on any atom is -0.312 e. The normalized spacial score (nSPS) is 24.1. The Labute approximate surface area is 112 Å². The monoisotopic (exact) mass is 284 g/mol. The average Bonchev–Trinajstić information content (AvgIpc) is 2.17. The fourth-order valence-corrected chi connectivity index (χ4v) is 4.11. The first kappa shape index (κ1) is 17.2. The molecule has 4 nitrogen and oxygen atoms in total. The van der Waals surface area contributed by atoms with Gasteiger partial charge in [-0.05, 0) is 19.3 Å². The largest absolute Gasteiger partial charge is 0.312 e. The Morgan fingerprint density at radius 2 is 2.12 bits per heavy atom. The molecule has 6 heteroatoms. The first-order chi connectivity index (χ1) is 7.45. The second kappa shape index (κ2) is 7.56. The zero-order valence-electron chi connectivity index (χ0n) is 11.0. The van der Waals surface area contributed by atoms with Crippen LogP contribution in [0.15, 0.2) is 0 Å². The van der Waals surface area contributed by atoms with E-state index in [9.17, 15) is 8.42 Å². The van der Waals surface area contributed by atoms with Gasteiger partial charge in [-0.3, -0.25) is 0 Å². The quantitative estimate of drug-likeness (QED) is 0.832. The van der Waals surface area contributed by atoms with E-state index >= 15 is 0 Å². The highest BCUT2D eigenvalue weighted by Crippen LogP contribution is 2.13. The maximum absolute atomic E-state index is 12.1. The molecule has 0 saturated carbocycles. The second-order valence-corrected chi connectivity index (χ2v) is 6.90. The summed E-state index contributed by atoms with van der Waals surface area (Å²) in [7, 11) is -3.04. The van der Waals surface area contributed by atoms with Gasteiger partial charge in [0.1, 0.15) is 0 Å². The van der Waals surface area contributed by atoms with E-state index < -0.39 is 10.0 Å². The van der Waals surface area contributed by atoms with Crippen molar-refractivity contribution < 1.29 is 8.42 Å². The van der Waals surface area contributed by atoms with E-state index in [2.05, 4.69) is 12.2 Å². The van der Waals surface area contributed by atoms with E-state index in [1.807, 2.05) is 13.8 Å². The molecule has 1 aliphatic rings. The van der Waals surface area contributed by atoms with Gasteiger partial charge in [0.25, 0.3) is 0 Å². The third kappa shape index (κ3) is 5.55. The van der Waals surface area contributed by atoms with Gasteiger partial charge < -0.3 is 5.32 Å². The Kier molecular flexibility index (Phi) is 7.63. The molecule has 1 heterocycles. The molecule has 1 rings (SSSR count). The van der Waals surface area contributed by atoms with Crippen LogP contribution < -0.4 is 5.32 Å². The van der Waals surface area contributed by atoms with Crippen LogP contribution in [0.4, 0.5) is 0 Å². The Hall–Kier alpha value is 0.160. The van der Waals surface area contributed by atoms with E-state index in [0.717, 1.165) is 19.4 Å². The number of piperazine rings is 1. The van der Waals surface area contributed by atoms with Crippen molar-refractivity contribution in [2.75, 3.05) is 25.4 Å². The number of hydrogen-bond donors (Lipinski definition) is 1. The summed E-state index contributed by atoms with van der Waals surface area (Å²) >= 11 is 0. The smallest absolute Gasteiger partial charge is 0.214 e. The highest BCUT2D eigenvalue weighted by Gasteiger charge is 2.27. The van der Waals surface area contributed by atoms with Gasteiger partial charge in [0, 0.05) is 25.7 Å². The SMILES string of the molecule is CCCC(C)CS(=O)(=O)N1CCNC(C)C1.Cl.